The number of likely N-dealkylation sites (N-methyl/N-ethyl adjacent to an activating group) is 1. The first-order valence-corrected chi connectivity index (χ1v) is 5.43. The minimum atomic E-state index is 0.775. The molecule has 3 heteroatoms. The van der Waals surface area contributed by atoms with Crippen LogP contribution in [0.1, 0.15) is 13.3 Å². The molecule has 0 bridgehead atoms. The van der Waals surface area contributed by atoms with Crippen molar-refractivity contribution in [2.75, 3.05) is 38.2 Å². The highest BCUT2D eigenvalue weighted by molar-refractivity contribution is 7.99. The van der Waals surface area contributed by atoms with Crippen LogP contribution in [0.5, 0.6) is 0 Å². The van der Waals surface area contributed by atoms with Crippen LogP contribution in [0, 0.1) is 0 Å². The maximum atomic E-state index is 5.41. The summed E-state index contributed by atoms with van der Waals surface area (Å²) in [5, 5.41) is 0. The van der Waals surface area contributed by atoms with Gasteiger partial charge in [0, 0.05) is 13.1 Å². The Hall–Kier alpha value is 0.270. The maximum Gasteiger partial charge on any atom is 0.0102 e. The third-order valence-corrected chi connectivity index (χ3v) is 2.53. The number of nitrogens with zero attached hydrogens (tertiary/aromatic N) is 1. The fourth-order valence-corrected chi connectivity index (χ4v) is 1.53. The molecule has 0 unspecified atom stereocenters. The van der Waals surface area contributed by atoms with Gasteiger partial charge in [-0.2, -0.15) is 11.8 Å². The monoisotopic (exact) mass is 176 g/mol. The second-order valence-electron chi connectivity index (χ2n) is 2.64. The van der Waals surface area contributed by atoms with Crippen LogP contribution in [0.3, 0.4) is 0 Å². The van der Waals surface area contributed by atoms with Crippen LogP contribution in [0.2, 0.25) is 0 Å². The van der Waals surface area contributed by atoms with E-state index in [-0.39, 0.29) is 0 Å². The van der Waals surface area contributed by atoms with Crippen molar-refractivity contribution in [3.8, 4) is 0 Å². The molecule has 0 heterocycles. The van der Waals surface area contributed by atoms with E-state index in [4.69, 9.17) is 5.73 Å². The van der Waals surface area contributed by atoms with Crippen LogP contribution in [-0.2, 0) is 0 Å². The molecule has 0 aliphatic carbocycles. The summed E-state index contributed by atoms with van der Waals surface area (Å²) in [6.45, 7) is 5.19. The molecule has 0 aromatic carbocycles. The first-order valence-electron chi connectivity index (χ1n) is 4.27. The summed E-state index contributed by atoms with van der Waals surface area (Å²) in [6.07, 6.45) is 1.29. The summed E-state index contributed by atoms with van der Waals surface area (Å²) in [7, 11) is 2.13. The van der Waals surface area contributed by atoms with E-state index in [1.54, 1.807) is 0 Å². The summed E-state index contributed by atoms with van der Waals surface area (Å²) in [4.78, 5) is 2.29. The molecule has 0 aliphatic heterocycles. The smallest absolute Gasteiger partial charge is 0.0102 e. The minimum Gasteiger partial charge on any atom is -0.329 e. The van der Waals surface area contributed by atoms with Gasteiger partial charge >= 0.3 is 0 Å². The highest BCUT2D eigenvalue weighted by Crippen LogP contribution is 2.00. The molecule has 0 amide bonds. The maximum absolute atomic E-state index is 5.41. The Morgan fingerprint density at radius 2 is 2.09 bits per heavy atom. The highest BCUT2D eigenvalue weighted by atomic mass is 32.2. The third-order valence-electron chi connectivity index (χ3n) is 1.54. The van der Waals surface area contributed by atoms with Gasteiger partial charge in [-0.05, 0) is 31.5 Å². The zero-order valence-electron chi connectivity index (χ0n) is 7.68. The van der Waals surface area contributed by atoms with Gasteiger partial charge < -0.3 is 10.6 Å². The number of nitrogens with two attached hydrogens (primary N) is 1. The van der Waals surface area contributed by atoms with Crippen LogP contribution in [0.4, 0.5) is 0 Å². The van der Waals surface area contributed by atoms with Crippen molar-refractivity contribution in [2.45, 2.75) is 13.3 Å². The van der Waals surface area contributed by atoms with Gasteiger partial charge in [0.15, 0.2) is 0 Å². The molecule has 0 aromatic heterocycles. The van der Waals surface area contributed by atoms with Gasteiger partial charge in [0.1, 0.15) is 0 Å². The fraction of sp³-hybridized carbons (Fsp3) is 1.00. The lowest BCUT2D eigenvalue weighted by Gasteiger charge is -2.14. The van der Waals surface area contributed by atoms with E-state index in [1.165, 1.54) is 24.5 Å². The summed E-state index contributed by atoms with van der Waals surface area (Å²) in [6, 6.07) is 0. The Labute approximate surface area is 74.5 Å². The van der Waals surface area contributed by atoms with Crippen LogP contribution in [0.25, 0.3) is 0 Å². The largest absolute Gasteiger partial charge is 0.329 e. The van der Waals surface area contributed by atoms with E-state index in [2.05, 4.69) is 18.9 Å². The molecule has 0 aromatic rings. The molecule has 0 saturated carbocycles. The molecule has 0 fully saturated rings. The molecular formula is C8H20N2S. The summed E-state index contributed by atoms with van der Waals surface area (Å²) in [5.74, 6) is 2.52. The van der Waals surface area contributed by atoms with Crippen molar-refractivity contribution in [1.82, 2.24) is 4.90 Å². The molecule has 0 saturated heterocycles. The predicted octanol–water partition coefficient (Wildman–Crippen LogP) is 1.02. The summed E-state index contributed by atoms with van der Waals surface area (Å²) < 4.78 is 0. The summed E-state index contributed by atoms with van der Waals surface area (Å²) >= 11 is 2.01. The zero-order valence-corrected chi connectivity index (χ0v) is 8.49. The van der Waals surface area contributed by atoms with Gasteiger partial charge in [-0.15, -0.1) is 0 Å². The van der Waals surface area contributed by atoms with E-state index in [0.717, 1.165) is 13.1 Å². The van der Waals surface area contributed by atoms with Gasteiger partial charge in [0.25, 0.3) is 0 Å². The van der Waals surface area contributed by atoms with Crippen LogP contribution < -0.4 is 5.73 Å². The first kappa shape index (κ1) is 11.3. The molecule has 0 rings (SSSR count). The SMILES string of the molecule is CCSCCCN(C)CCN. The molecule has 2 nitrogen and oxygen atoms in total. The highest BCUT2D eigenvalue weighted by Gasteiger charge is 1.94. The van der Waals surface area contributed by atoms with Crippen molar-refractivity contribution < 1.29 is 0 Å². The normalized spacial score (nSPS) is 10.9. The Balaban J connectivity index is 2.97. The predicted molar refractivity (Wildman–Crippen MR) is 54.2 cm³/mol. The quantitative estimate of drug-likeness (QED) is 0.587. The number of hydrogen-bond acceptors (Lipinski definition) is 3. The Bertz CT molecular complexity index is 78.5. The third kappa shape index (κ3) is 8.17. The standard InChI is InChI=1S/C8H20N2S/c1-3-11-8-4-6-10(2)7-5-9/h3-9H2,1-2H3. The van der Waals surface area contributed by atoms with Crippen LogP contribution in [0.15, 0.2) is 0 Å². The number of hydrogen-bond donors (Lipinski definition) is 1. The van der Waals surface area contributed by atoms with Crippen molar-refractivity contribution in [1.29, 1.82) is 0 Å². The number of rotatable bonds is 7. The lowest BCUT2D eigenvalue weighted by Crippen LogP contribution is -2.26. The van der Waals surface area contributed by atoms with Gasteiger partial charge in [-0.3, -0.25) is 0 Å². The van der Waals surface area contributed by atoms with Crippen LogP contribution in [-0.4, -0.2) is 43.1 Å². The van der Waals surface area contributed by atoms with E-state index in [9.17, 15) is 0 Å². The Kier molecular flexibility index (Phi) is 8.57. The number of thioether (sulfide) groups is 1. The fourth-order valence-electron chi connectivity index (χ4n) is 0.913. The molecule has 0 spiro atoms. The Morgan fingerprint density at radius 3 is 2.64 bits per heavy atom. The molecule has 0 atom stereocenters. The first-order chi connectivity index (χ1) is 5.31. The van der Waals surface area contributed by atoms with E-state index in [1.807, 2.05) is 11.8 Å². The lowest BCUT2D eigenvalue weighted by atomic mass is 10.4. The molecule has 2 N–H and O–H groups in total. The van der Waals surface area contributed by atoms with E-state index >= 15 is 0 Å². The summed E-state index contributed by atoms with van der Waals surface area (Å²) in [5.41, 5.74) is 5.41. The lowest BCUT2D eigenvalue weighted by molar-refractivity contribution is 0.345. The molecule has 0 radical (unpaired) electrons. The average molecular weight is 176 g/mol. The topological polar surface area (TPSA) is 29.3 Å². The van der Waals surface area contributed by atoms with Gasteiger partial charge in [-0.1, -0.05) is 6.92 Å². The molecule has 0 aliphatic rings. The van der Waals surface area contributed by atoms with E-state index in [0.29, 0.717) is 0 Å². The molecular weight excluding hydrogens is 156 g/mol. The van der Waals surface area contributed by atoms with Gasteiger partial charge in [0.2, 0.25) is 0 Å². The van der Waals surface area contributed by atoms with Crippen molar-refractivity contribution in [3.05, 3.63) is 0 Å². The Morgan fingerprint density at radius 1 is 1.36 bits per heavy atom. The van der Waals surface area contributed by atoms with Crippen molar-refractivity contribution in [3.63, 3.8) is 0 Å². The zero-order chi connectivity index (χ0) is 8.53. The molecule has 11 heavy (non-hydrogen) atoms. The minimum absolute atomic E-state index is 0.775. The average Bonchev–Trinajstić information content (AvgIpc) is 1.99. The van der Waals surface area contributed by atoms with Gasteiger partial charge in [-0.25, -0.2) is 0 Å². The van der Waals surface area contributed by atoms with E-state index < -0.39 is 0 Å². The molecule has 68 valence electrons. The van der Waals surface area contributed by atoms with Crippen molar-refractivity contribution in [2.24, 2.45) is 5.73 Å². The van der Waals surface area contributed by atoms with Crippen molar-refractivity contribution >= 4 is 11.8 Å². The van der Waals surface area contributed by atoms with Crippen LogP contribution >= 0.6 is 11.8 Å². The second kappa shape index (κ2) is 8.37. The van der Waals surface area contributed by atoms with Gasteiger partial charge in [0.05, 0.1) is 0 Å². The second-order valence-corrected chi connectivity index (χ2v) is 4.04.